The molecule has 1 heterocycles. The Morgan fingerprint density at radius 2 is 2.24 bits per heavy atom. The van der Waals surface area contributed by atoms with Crippen LogP contribution in [0.5, 0.6) is 0 Å². The van der Waals surface area contributed by atoms with Gasteiger partial charge in [0.2, 0.25) is 0 Å². The molecule has 1 aromatic rings. The lowest BCUT2D eigenvalue weighted by molar-refractivity contribution is 0.0899. The zero-order valence-electron chi connectivity index (χ0n) is 10.3. The summed E-state index contributed by atoms with van der Waals surface area (Å²) in [5.41, 5.74) is 5.26. The van der Waals surface area contributed by atoms with E-state index < -0.39 is 0 Å². The molecule has 0 atom stereocenters. The molecule has 17 heavy (non-hydrogen) atoms. The van der Waals surface area contributed by atoms with Crippen molar-refractivity contribution in [1.82, 2.24) is 5.32 Å². The summed E-state index contributed by atoms with van der Waals surface area (Å²) in [4.78, 5) is 11.7. The van der Waals surface area contributed by atoms with Crippen LogP contribution in [0.4, 0.5) is 0 Å². The van der Waals surface area contributed by atoms with Crippen LogP contribution in [0.25, 0.3) is 0 Å². The molecular formula is C12H20N2O3. The first-order valence-electron chi connectivity index (χ1n) is 5.66. The molecule has 0 aliphatic carbocycles. The number of rotatable bonds is 6. The number of hydrogen-bond donors (Lipinski definition) is 3. The highest BCUT2D eigenvalue weighted by Crippen LogP contribution is 2.18. The van der Waals surface area contributed by atoms with E-state index in [0.717, 1.165) is 0 Å². The van der Waals surface area contributed by atoms with E-state index in [1.165, 1.54) is 0 Å². The molecule has 0 unspecified atom stereocenters. The molecule has 0 aromatic carbocycles. The van der Waals surface area contributed by atoms with E-state index >= 15 is 0 Å². The van der Waals surface area contributed by atoms with Crippen LogP contribution >= 0.6 is 0 Å². The maximum absolute atomic E-state index is 11.7. The van der Waals surface area contributed by atoms with Crippen molar-refractivity contribution >= 4 is 5.91 Å². The molecule has 5 nitrogen and oxygen atoms in total. The average molecular weight is 240 g/mol. The van der Waals surface area contributed by atoms with Gasteiger partial charge in [-0.25, -0.2) is 0 Å². The standard InChI is InChI=1S/C12H20N2O3/c1-12(2,5-6-15)8-14-11(16)10-4-3-9(7-13)17-10/h3-4,15H,5-8,13H2,1-2H3,(H,14,16). The molecule has 1 amide bonds. The van der Waals surface area contributed by atoms with Crippen molar-refractivity contribution in [3.8, 4) is 0 Å². The Balaban J connectivity index is 2.49. The van der Waals surface area contributed by atoms with Crippen molar-refractivity contribution in [1.29, 1.82) is 0 Å². The summed E-state index contributed by atoms with van der Waals surface area (Å²) < 4.78 is 5.23. The molecule has 0 saturated heterocycles. The highest BCUT2D eigenvalue weighted by Gasteiger charge is 2.19. The Bertz CT molecular complexity index is 372. The summed E-state index contributed by atoms with van der Waals surface area (Å²) in [5.74, 6) is 0.603. The average Bonchev–Trinajstić information content (AvgIpc) is 2.74. The van der Waals surface area contributed by atoms with Gasteiger partial charge in [0.25, 0.3) is 5.91 Å². The van der Waals surface area contributed by atoms with Crippen molar-refractivity contribution in [2.24, 2.45) is 11.1 Å². The fraction of sp³-hybridized carbons (Fsp3) is 0.583. The summed E-state index contributed by atoms with van der Waals surface area (Å²) in [6.07, 6.45) is 0.638. The van der Waals surface area contributed by atoms with E-state index in [1.54, 1.807) is 12.1 Å². The van der Waals surface area contributed by atoms with Crippen LogP contribution in [-0.4, -0.2) is 24.2 Å². The highest BCUT2D eigenvalue weighted by molar-refractivity contribution is 5.91. The predicted molar refractivity (Wildman–Crippen MR) is 64.4 cm³/mol. The normalized spacial score (nSPS) is 11.5. The number of nitrogens with one attached hydrogen (secondary N) is 1. The second-order valence-electron chi connectivity index (χ2n) is 4.79. The summed E-state index contributed by atoms with van der Waals surface area (Å²) in [5, 5.41) is 11.7. The number of hydrogen-bond acceptors (Lipinski definition) is 4. The van der Waals surface area contributed by atoms with Gasteiger partial charge >= 0.3 is 0 Å². The molecule has 0 aliphatic rings. The van der Waals surface area contributed by atoms with Gasteiger partial charge in [-0.05, 0) is 24.0 Å². The largest absolute Gasteiger partial charge is 0.455 e. The lowest BCUT2D eigenvalue weighted by atomic mass is 9.90. The van der Waals surface area contributed by atoms with Crippen molar-refractivity contribution in [3.05, 3.63) is 23.7 Å². The first-order chi connectivity index (χ1) is 7.98. The number of furan rings is 1. The molecule has 0 spiro atoms. The van der Waals surface area contributed by atoms with Crippen LogP contribution in [0, 0.1) is 5.41 Å². The fourth-order valence-electron chi connectivity index (χ4n) is 1.41. The topological polar surface area (TPSA) is 88.5 Å². The number of carbonyl (C=O) groups is 1. The Labute approximate surface area is 101 Å². The first kappa shape index (κ1) is 13.7. The molecule has 96 valence electrons. The monoisotopic (exact) mass is 240 g/mol. The van der Waals surface area contributed by atoms with Crippen LogP contribution in [0.15, 0.2) is 16.5 Å². The maximum atomic E-state index is 11.7. The van der Waals surface area contributed by atoms with Gasteiger partial charge in [0.15, 0.2) is 5.76 Å². The minimum absolute atomic E-state index is 0.112. The zero-order chi connectivity index (χ0) is 12.9. The second kappa shape index (κ2) is 5.84. The zero-order valence-corrected chi connectivity index (χ0v) is 10.3. The van der Waals surface area contributed by atoms with Gasteiger partial charge in [0.05, 0.1) is 6.54 Å². The summed E-state index contributed by atoms with van der Waals surface area (Å²) in [7, 11) is 0. The van der Waals surface area contributed by atoms with Crippen LogP contribution in [0.1, 0.15) is 36.6 Å². The van der Waals surface area contributed by atoms with E-state index in [0.29, 0.717) is 18.7 Å². The molecular weight excluding hydrogens is 220 g/mol. The molecule has 1 rings (SSSR count). The third kappa shape index (κ3) is 4.20. The molecule has 0 radical (unpaired) electrons. The molecule has 0 bridgehead atoms. The number of aliphatic hydroxyl groups is 1. The lowest BCUT2D eigenvalue weighted by Crippen LogP contribution is -2.34. The summed E-state index contributed by atoms with van der Waals surface area (Å²) in [6, 6.07) is 3.30. The number of carbonyl (C=O) groups excluding carboxylic acids is 1. The van der Waals surface area contributed by atoms with Gasteiger partial charge in [0.1, 0.15) is 5.76 Å². The van der Waals surface area contributed by atoms with Crippen LogP contribution in [-0.2, 0) is 6.54 Å². The van der Waals surface area contributed by atoms with E-state index in [-0.39, 0.29) is 30.2 Å². The molecule has 1 aromatic heterocycles. The van der Waals surface area contributed by atoms with Crippen molar-refractivity contribution < 1.29 is 14.3 Å². The van der Waals surface area contributed by atoms with E-state index in [1.807, 2.05) is 13.8 Å². The predicted octanol–water partition coefficient (Wildman–Crippen LogP) is 0.877. The molecule has 5 heteroatoms. The quantitative estimate of drug-likeness (QED) is 0.688. The minimum Gasteiger partial charge on any atom is -0.455 e. The Morgan fingerprint density at radius 3 is 2.76 bits per heavy atom. The number of amides is 1. The lowest BCUT2D eigenvalue weighted by Gasteiger charge is -2.23. The smallest absolute Gasteiger partial charge is 0.287 e. The van der Waals surface area contributed by atoms with E-state index in [4.69, 9.17) is 15.3 Å². The van der Waals surface area contributed by atoms with Crippen molar-refractivity contribution in [3.63, 3.8) is 0 Å². The second-order valence-corrected chi connectivity index (χ2v) is 4.79. The SMILES string of the molecule is CC(C)(CCO)CNC(=O)c1ccc(CN)o1. The Kier molecular flexibility index (Phi) is 4.72. The molecule has 0 fully saturated rings. The third-order valence-corrected chi connectivity index (χ3v) is 2.60. The third-order valence-electron chi connectivity index (χ3n) is 2.60. The summed E-state index contributed by atoms with van der Waals surface area (Å²) in [6.45, 7) is 4.85. The Hall–Kier alpha value is -1.33. The first-order valence-corrected chi connectivity index (χ1v) is 5.66. The van der Waals surface area contributed by atoms with Gasteiger partial charge in [-0.15, -0.1) is 0 Å². The van der Waals surface area contributed by atoms with Crippen LogP contribution < -0.4 is 11.1 Å². The van der Waals surface area contributed by atoms with Gasteiger partial charge in [-0.1, -0.05) is 13.8 Å². The van der Waals surface area contributed by atoms with Gasteiger partial charge in [-0.2, -0.15) is 0 Å². The number of aliphatic hydroxyl groups excluding tert-OH is 1. The van der Waals surface area contributed by atoms with Crippen molar-refractivity contribution in [2.45, 2.75) is 26.8 Å². The van der Waals surface area contributed by atoms with E-state index in [9.17, 15) is 4.79 Å². The molecule has 4 N–H and O–H groups in total. The van der Waals surface area contributed by atoms with Gasteiger partial charge in [-0.3, -0.25) is 4.79 Å². The van der Waals surface area contributed by atoms with Crippen LogP contribution in [0.2, 0.25) is 0 Å². The minimum atomic E-state index is -0.254. The fourth-order valence-corrected chi connectivity index (χ4v) is 1.41. The van der Waals surface area contributed by atoms with Gasteiger partial charge in [0, 0.05) is 13.2 Å². The van der Waals surface area contributed by atoms with E-state index in [2.05, 4.69) is 5.32 Å². The molecule has 0 aliphatic heterocycles. The highest BCUT2D eigenvalue weighted by atomic mass is 16.4. The Morgan fingerprint density at radius 1 is 1.53 bits per heavy atom. The summed E-state index contributed by atoms with van der Waals surface area (Å²) >= 11 is 0. The molecule has 0 saturated carbocycles. The van der Waals surface area contributed by atoms with Crippen molar-refractivity contribution in [2.75, 3.05) is 13.2 Å². The van der Waals surface area contributed by atoms with Gasteiger partial charge < -0.3 is 20.6 Å². The number of nitrogens with two attached hydrogens (primary N) is 1. The van der Waals surface area contributed by atoms with Crippen LogP contribution in [0.3, 0.4) is 0 Å². The maximum Gasteiger partial charge on any atom is 0.287 e.